The van der Waals surface area contributed by atoms with E-state index in [-0.39, 0.29) is 41.3 Å². The summed E-state index contributed by atoms with van der Waals surface area (Å²) in [6.07, 6.45) is 2.19. The van der Waals surface area contributed by atoms with Crippen LogP contribution >= 0.6 is 11.6 Å². The number of alkyl halides is 3. The number of methoxy groups -OCH3 is 2. The zero-order chi connectivity index (χ0) is 52.0. The summed E-state index contributed by atoms with van der Waals surface area (Å²) in [7, 11) is 0.990. The van der Waals surface area contributed by atoms with Crippen molar-refractivity contribution in [3.8, 4) is 17.2 Å². The molecule has 3 N–H and O–H groups in total. The third kappa shape index (κ3) is 13.3. The van der Waals surface area contributed by atoms with E-state index in [4.69, 9.17) is 25.8 Å². The molecule has 8 rings (SSSR count). The molecule has 3 aromatic carbocycles. The van der Waals surface area contributed by atoms with Crippen LogP contribution in [0.1, 0.15) is 62.5 Å². The van der Waals surface area contributed by atoms with Gasteiger partial charge >= 0.3 is 6.36 Å². The number of rotatable bonds is 18. The fourth-order valence-corrected chi connectivity index (χ4v) is 10.7. The van der Waals surface area contributed by atoms with Gasteiger partial charge < -0.3 is 39.4 Å². The van der Waals surface area contributed by atoms with Crippen molar-refractivity contribution in [2.24, 2.45) is 0 Å². The van der Waals surface area contributed by atoms with Crippen molar-refractivity contribution in [1.29, 1.82) is 0 Å². The Bertz CT molecular complexity index is 2720. The Morgan fingerprint density at radius 1 is 0.863 bits per heavy atom. The van der Waals surface area contributed by atoms with Crippen LogP contribution in [0.2, 0.25) is 5.02 Å². The van der Waals surface area contributed by atoms with Gasteiger partial charge in [0.1, 0.15) is 22.3 Å². The maximum absolute atomic E-state index is 13.4. The predicted octanol–water partition coefficient (Wildman–Crippen LogP) is 7.28. The number of nitrogens with zero attached hydrogens (tertiary/aromatic N) is 7. The number of carbonyl (C=O) groups is 2. The Hall–Kier alpha value is -5.81. The van der Waals surface area contributed by atoms with Crippen molar-refractivity contribution in [3.05, 3.63) is 70.9 Å². The Morgan fingerprint density at radius 3 is 2.25 bits per heavy atom. The van der Waals surface area contributed by atoms with Crippen LogP contribution in [0.25, 0.3) is 0 Å². The van der Waals surface area contributed by atoms with E-state index in [1.54, 1.807) is 31.4 Å². The SMILES string of the molecule is CCc1cc(Nc2ncc(Cl)c(Nc3ccc(OC)cc3N(C)S(C)(=O)=O)n2)c(OC)cc1N1CCC(N2CCN(CCOC3CCN(c4ccc(C5CCC(=O)NC5=O)c(OC(F)(F)F)c4)CC3)CC2)CC1. The number of ether oxygens (including phenoxy) is 4. The number of nitrogens with one attached hydrogen (secondary N) is 3. The van der Waals surface area contributed by atoms with Crippen LogP contribution in [0.15, 0.2) is 54.7 Å². The molecule has 4 saturated heterocycles. The average molecular weight is 1060 g/mol. The van der Waals surface area contributed by atoms with E-state index in [0.29, 0.717) is 60.0 Å². The van der Waals surface area contributed by atoms with Crippen LogP contribution < -0.4 is 44.3 Å². The first-order valence-corrected chi connectivity index (χ1v) is 26.8. The van der Waals surface area contributed by atoms with Crippen LogP contribution in [-0.2, 0) is 30.8 Å². The number of anilines is 7. The Kier molecular flexibility index (Phi) is 17.0. The number of aromatic nitrogens is 2. The van der Waals surface area contributed by atoms with Gasteiger partial charge in [-0.05, 0) is 68.4 Å². The quantitative estimate of drug-likeness (QED) is 0.0845. The van der Waals surface area contributed by atoms with Gasteiger partial charge in [0.05, 0.1) is 62.4 Å². The molecule has 2 amide bonds. The average Bonchev–Trinajstić information content (AvgIpc) is 3.37. The van der Waals surface area contributed by atoms with Gasteiger partial charge in [0.2, 0.25) is 27.8 Å². The number of piperazine rings is 1. The van der Waals surface area contributed by atoms with Crippen molar-refractivity contribution in [2.45, 2.75) is 76.3 Å². The fraction of sp³-hybridized carbons (Fsp3) is 0.520. The molecule has 1 unspecified atom stereocenters. The summed E-state index contributed by atoms with van der Waals surface area (Å²) in [5, 5.41) is 8.94. The third-order valence-electron chi connectivity index (χ3n) is 14.2. The summed E-state index contributed by atoms with van der Waals surface area (Å²) in [5.74, 6) is -0.748. The Labute approximate surface area is 429 Å². The van der Waals surface area contributed by atoms with Crippen molar-refractivity contribution in [3.63, 3.8) is 0 Å². The van der Waals surface area contributed by atoms with Crippen molar-refractivity contribution < 1.29 is 50.1 Å². The summed E-state index contributed by atoms with van der Waals surface area (Å²) >= 11 is 6.56. The molecule has 0 bridgehead atoms. The highest BCUT2D eigenvalue weighted by Crippen LogP contribution is 2.41. The molecular weight excluding hydrogens is 993 g/mol. The van der Waals surface area contributed by atoms with E-state index in [9.17, 15) is 31.2 Å². The van der Waals surface area contributed by atoms with Crippen LogP contribution in [-0.4, -0.2) is 152 Å². The van der Waals surface area contributed by atoms with Gasteiger partial charge in [-0.3, -0.25) is 29.0 Å². The third-order valence-corrected chi connectivity index (χ3v) is 15.7. The van der Waals surface area contributed by atoms with Crippen LogP contribution in [0.3, 0.4) is 0 Å². The second kappa shape index (κ2) is 23.2. The largest absolute Gasteiger partial charge is 0.573 e. The van der Waals surface area contributed by atoms with Gasteiger partial charge in [0, 0.05) is 114 Å². The molecule has 1 atom stereocenters. The fourth-order valence-electron chi connectivity index (χ4n) is 10.1. The van der Waals surface area contributed by atoms with Crippen molar-refractivity contribution in [1.82, 2.24) is 25.1 Å². The first kappa shape index (κ1) is 53.5. The lowest BCUT2D eigenvalue weighted by Crippen LogP contribution is -2.53. The smallest absolute Gasteiger partial charge is 0.497 e. The van der Waals surface area contributed by atoms with E-state index in [0.717, 1.165) is 99.7 Å². The molecule has 23 heteroatoms. The molecular formula is C50H64ClF3N10O8S. The maximum Gasteiger partial charge on any atom is 0.573 e. The van der Waals surface area contributed by atoms with Crippen molar-refractivity contribution >= 4 is 73.6 Å². The highest BCUT2D eigenvalue weighted by atomic mass is 35.5. The standard InChI is InChI=1S/C50H64ClF3N10O8S/c1-6-32-27-41(57-49-55-31-39(51)47(59-49)56-40-11-8-36(69-3)29-43(40)60(2)73(5,67)68)45(70-4)30-42(32)64-17-13-33(14-18-64)63-23-21-61(22-24-63)25-26-71-35-15-19-62(20-16-35)34-7-9-37(44(28-34)72-50(52,53)54)38-10-12-46(65)58-48(38)66/h7-9,11,27-31,33,35,38H,6,10,12-26H2,1-5H3,(H,58,65,66)(H2,55,56,57,59). The molecule has 4 fully saturated rings. The molecule has 1 aromatic heterocycles. The predicted molar refractivity (Wildman–Crippen MR) is 275 cm³/mol. The number of hydrogen-bond acceptors (Lipinski definition) is 16. The minimum atomic E-state index is -4.94. The number of sulfonamides is 1. The summed E-state index contributed by atoms with van der Waals surface area (Å²) in [5.41, 5.74) is 4.45. The van der Waals surface area contributed by atoms with Crippen molar-refractivity contribution in [2.75, 3.05) is 118 Å². The molecule has 0 spiro atoms. The minimum absolute atomic E-state index is 0.0464. The van der Waals surface area contributed by atoms with Gasteiger partial charge in [-0.25, -0.2) is 13.4 Å². The maximum atomic E-state index is 13.4. The number of amides is 2. The number of hydrogen-bond donors (Lipinski definition) is 3. The normalized spacial score (nSPS) is 18.9. The van der Waals surface area contributed by atoms with Crippen LogP contribution in [0, 0.1) is 0 Å². The molecule has 73 heavy (non-hydrogen) atoms. The number of benzene rings is 3. The molecule has 5 heterocycles. The Balaban J connectivity index is 0.792. The van der Waals surface area contributed by atoms with Gasteiger partial charge in [0.15, 0.2) is 5.82 Å². The van der Waals surface area contributed by atoms with E-state index in [1.807, 2.05) is 4.90 Å². The van der Waals surface area contributed by atoms with E-state index in [1.165, 1.54) is 32.5 Å². The molecule has 4 aliphatic heterocycles. The zero-order valence-corrected chi connectivity index (χ0v) is 43.3. The molecule has 4 aromatic rings. The van der Waals surface area contributed by atoms with Gasteiger partial charge in [0.25, 0.3) is 0 Å². The minimum Gasteiger partial charge on any atom is -0.497 e. The Morgan fingerprint density at radius 2 is 1.59 bits per heavy atom. The molecule has 0 radical (unpaired) electrons. The lowest BCUT2D eigenvalue weighted by Gasteiger charge is -2.43. The highest BCUT2D eigenvalue weighted by molar-refractivity contribution is 7.92. The first-order chi connectivity index (χ1) is 34.9. The van der Waals surface area contributed by atoms with E-state index < -0.39 is 39.9 Å². The lowest BCUT2D eigenvalue weighted by atomic mass is 9.89. The monoisotopic (exact) mass is 1060 g/mol. The second-order valence-electron chi connectivity index (χ2n) is 18.7. The molecule has 0 aliphatic carbocycles. The summed E-state index contributed by atoms with van der Waals surface area (Å²) in [4.78, 5) is 42.8. The van der Waals surface area contributed by atoms with E-state index in [2.05, 4.69) is 64.4 Å². The molecule has 0 saturated carbocycles. The molecule has 4 aliphatic rings. The number of imide groups is 1. The lowest BCUT2D eigenvalue weighted by molar-refractivity contribution is -0.275. The van der Waals surface area contributed by atoms with Gasteiger partial charge in [-0.2, -0.15) is 4.98 Å². The molecule has 18 nitrogen and oxygen atoms in total. The number of carbonyl (C=O) groups excluding carboxylic acids is 2. The topological polar surface area (TPSA) is 183 Å². The first-order valence-electron chi connectivity index (χ1n) is 24.6. The van der Waals surface area contributed by atoms with Gasteiger partial charge in [-0.1, -0.05) is 24.6 Å². The summed E-state index contributed by atoms with van der Waals surface area (Å²) < 4.78 is 88.4. The zero-order valence-electron chi connectivity index (χ0n) is 41.8. The van der Waals surface area contributed by atoms with Crippen LogP contribution in [0.5, 0.6) is 17.2 Å². The summed E-state index contributed by atoms with van der Waals surface area (Å²) in [6.45, 7) is 10.5. The van der Waals surface area contributed by atoms with Crippen LogP contribution in [0.4, 0.5) is 53.4 Å². The van der Waals surface area contributed by atoms with E-state index >= 15 is 0 Å². The second-order valence-corrected chi connectivity index (χ2v) is 21.1. The highest BCUT2D eigenvalue weighted by Gasteiger charge is 2.37. The number of halogens is 4. The molecule has 396 valence electrons. The number of aryl methyl sites for hydroxylation is 1. The van der Waals surface area contributed by atoms with Gasteiger partial charge in [-0.15, -0.1) is 13.2 Å². The summed E-state index contributed by atoms with van der Waals surface area (Å²) in [6, 6.07) is 14.2. The number of piperidine rings is 3.